The van der Waals surface area contributed by atoms with Gasteiger partial charge in [-0.3, -0.25) is 4.79 Å². The summed E-state index contributed by atoms with van der Waals surface area (Å²) in [5.41, 5.74) is 8.97. The van der Waals surface area contributed by atoms with E-state index in [0.717, 1.165) is 22.5 Å². The number of carbonyl (C=O) groups is 1. The molecule has 2 heterocycles. The van der Waals surface area contributed by atoms with Crippen molar-refractivity contribution in [2.24, 2.45) is 0 Å². The number of nitrogens with zero attached hydrogens (tertiary/aromatic N) is 5. The number of rotatable bonds is 6. The van der Waals surface area contributed by atoms with E-state index in [1.165, 1.54) is 0 Å². The number of carbonyl (C=O) groups excluding carboxylic acids is 1. The molecule has 3 aromatic rings. The largest absolute Gasteiger partial charge is 0.493 e. The molecule has 0 fully saturated rings. The van der Waals surface area contributed by atoms with Crippen molar-refractivity contribution >= 4 is 17.6 Å². The highest BCUT2D eigenvalue weighted by Crippen LogP contribution is 2.28. The van der Waals surface area contributed by atoms with Crippen LogP contribution in [0.25, 0.3) is 5.78 Å². The van der Waals surface area contributed by atoms with E-state index in [4.69, 9.17) is 15.2 Å². The van der Waals surface area contributed by atoms with E-state index in [1.807, 2.05) is 32.0 Å². The van der Waals surface area contributed by atoms with Crippen LogP contribution in [-0.2, 0) is 17.8 Å². The molecule has 0 aliphatic heterocycles. The molecule has 0 bridgehead atoms. The molecular formula is C19H24N6O3. The average Bonchev–Trinajstić information content (AvgIpc) is 3.04. The molecule has 9 nitrogen and oxygen atoms in total. The first-order chi connectivity index (χ1) is 13.3. The average molecular weight is 384 g/mol. The number of nitrogen functional groups attached to an aromatic ring is 1. The Labute approximate surface area is 163 Å². The molecule has 28 heavy (non-hydrogen) atoms. The minimum atomic E-state index is -0.0322. The fourth-order valence-corrected chi connectivity index (χ4v) is 3.11. The van der Waals surface area contributed by atoms with Crippen LogP contribution in [0.2, 0.25) is 0 Å². The van der Waals surface area contributed by atoms with Crippen molar-refractivity contribution in [1.29, 1.82) is 0 Å². The van der Waals surface area contributed by atoms with Crippen molar-refractivity contribution < 1.29 is 14.3 Å². The van der Waals surface area contributed by atoms with Crippen LogP contribution in [0.1, 0.15) is 22.5 Å². The number of likely N-dealkylation sites (N-methyl/N-ethyl adjacent to an activating group) is 1. The molecule has 0 unspecified atom stereocenters. The van der Waals surface area contributed by atoms with E-state index in [2.05, 4.69) is 15.1 Å². The summed E-state index contributed by atoms with van der Waals surface area (Å²) in [5, 5.41) is 4.14. The van der Waals surface area contributed by atoms with Crippen molar-refractivity contribution in [3.63, 3.8) is 0 Å². The van der Waals surface area contributed by atoms with E-state index in [1.54, 1.807) is 30.7 Å². The van der Waals surface area contributed by atoms with E-state index >= 15 is 0 Å². The summed E-state index contributed by atoms with van der Waals surface area (Å²) in [5.74, 6) is 1.84. The highest BCUT2D eigenvalue weighted by molar-refractivity contribution is 5.79. The normalized spacial score (nSPS) is 10.9. The Kier molecular flexibility index (Phi) is 5.34. The van der Waals surface area contributed by atoms with Crippen LogP contribution in [0.15, 0.2) is 18.2 Å². The highest BCUT2D eigenvalue weighted by Gasteiger charge is 2.18. The maximum atomic E-state index is 12.8. The van der Waals surface area contributed by atoms with Crippen LogP contribution in [0.3, 0.4) is 0 Å². The molecule has 1 aromatic carbocycles. The van der Waals surface area contributed by atoms with Crippen molar-refractivity contribution in [2.75, 3.05) is 27.0 Å². The Morgan fingerprint density at radius 2 is 1.89 bits per heavy atom. The lowest BCUT2D eigenvalue weighted by Crippen LogP contribution is -2.28. The Balaban J connectivity index is 1.78. The fourth-order valence-electron chi connectivity index (χ4n) is 3.11. The maximum Gasteiger partial charge on any atom is 0.254 e. The van der Waals surface area contributed by atoms with Gasteiger partial charge in [-0.1, -0.05) is 6.07 Å². The van der Waals surface area contributed by atoms with Gasteiger partial charge in [-0.15, -0.1) is 5.10 Å². The SMILES string of the molecule is COc1ccc(CN(C)C(=O)Cc2c(C)nc3nc(N)nn3c2C)cc1OC. The zero-order valence-electron chi connectivity index (χ0n) is 16.7. The van der Waals surface area contributed by atoms with E-state index in [9.17, 15) is 4.79 Å². The van der Waals surface area contributed by atoms with Gasteiger partial charge < -0.3 is 20.1 Å². The van der Waals surface area contributed by atoms with Crippen LogP contribution < -0.4 is 15.2 Å². The van der Waals surface area contributed by atoms with Gasteiger partial charge in [0.1, 0.15) is 0 Å². The highest BCUT2D eigenvalue weighted by atomic mass is 16.5. The van der Waals surface area contributed by atoms with Crippen LogP contribution in [0, 0.1) is 13.8 Å². The van der Waals surface area contributed by atoms with Gasteiger partial charge in [0.25, 0.3) is 5.78 Å². The van der Waals surface area contributed by atoms with Gasteiger partial charge in [-0.05, 0) is 31.5 Å². The molecule has 2 aromatic heterocycles. The predicted octanol–water partition coefficient (Wildman–Crippen LogP) is 1.54. The lowest BCUT2D eigenvalue weighted by molar-refractivity contribution is -0.129. The molecule has 0 spiro atoms. The standard InChI is InChI=1S/C19H24N6O3/c1-11-14(12(2)25-19(21-11)22-18(20)23-25)9-17(26)24(3)10-13-6-7-15(27-4)16(8-13)28-5/h6-8H,9-10H2,1-5H3,(H2,20,23). The number of hydrogen-bond acceptors (Lipinski definition) is 7. The maximum absolute atomic E-state index is 12.8. The Morgan fingerprint density at radius 1 is 1.18 bits per heavy atom. The Morgan fingerprint density at radius 3 is 2.57 bits per heavy atom. The molecule has 0 aliphatic rings. The lowest BCUT2D eigenvalue weighted by atomic mass is 10.1. The fraction of sp³-hybridized carbons (Fsp3) is 0.368. The summed E-state index contributed by atoms with van der Waals surface area (Å²) >= 11 is 0. The van der Waals surface area contributed by atoms with Crippen molar-refractivity contribution in [2.45, 2.75) is 26.8 Å². The second-order valence-corrected chi connectivity index (χ2v) is 6.56. The number of anilines is 1. The third kappa shape index (κ3) is 3.68. The number of ether oxygens (including phenoxy) is 2. The van der Waals surface area contributed by atoms with E-state index in [0.29, 0.717) is 23.8 Å². The third-order valence-corrected chi connectivity index (χ3v) is 4.69. The number of nitrogens with two attached hydrogens (primary N) is 1. The quantitative estimate of drug-likeness (QED) is 0.687. The van der Waals surface area contributed by atoms with E-state index < -0.39 is 0 Å². The van der Waals surface area contributed by atoms with Gasteiger partial charge >= 0.3 is 0 Å². The topological polar surface area (TPSA) is 108 Å². The molecule has 1 amide bonds. The third-order valence-electron chi connectivity index (χ3n) is 4.69. The van der Waals surface area contributed by atoms with Gasteiger partial charge in [0, 0.05) is 30.5 Å². The molecule has 148 valence electrons. The van der Waals surface area contributed by atoms with Gasteiger partial charge in [-0.2, -0.15) is 9.50 Å². The van der Waals surface area contributed by atoms with Crippen LogP contribution >= 0.6 is 0 Å². The first-order valence-corrected chi connectivity index (χ1v) is 8.77. The smallest absolute Gasteiger partial charge is 0.254 e. The molecule has 0 saturated carbocycles. The van der Waals surface area contributed by atoms with Gasteiger partial charge in [0.15, 0.2) is 11.5 Å². The van der Waals surface area contributed by atoms with Crippen molar-refractivity contribution in [3.05, 3.63) is 40.7 Å². The summed E-state index contributed by atoms with van der Waals surface area (Å²) in [6, 6.07) is 5.60. The summed E-state index contributed by atoms with van der Waals surface area (Å²) in [6.07, 6.45) is 0.212. The first-order valence-electron chi connectivity index (χ1n) is 8.77. The number of aryl methyl sites for hydroxylation is 2. The number of hydrogen-bond donors (Lipinski definition) is 1. The molecule has 0 radical (unpaired) electrons. The molecule has 9 heteroatoms. The number of benzene rings is 1. The number of fused-ring (bicyclic) bond motifs is 1. The lowest BCUT2D eigenvalue weighted by Gasteiger charge is -2.19. The predicted molar refractivity (Wildman–Crippen MR) is 104 cm³/mol. The minimum absolute atomic E-state index is 0.0322. The van der Waals surface area contributed by atoms with Crippen LogP contribution in [0.5, 0.6) is 11.5 Å². The van der Waals surface area contributed by atoms with Crippen LogP contribution in [-0.4, -0.2) is 51.7 Å². The minimum Gasteiger partial charge on any atom is -0.493 e. The zero-order valence-corrected chi connectivity index (χ0v) is 16.7. The van der Waals surface area contributed by atoms with Gasteiger partial charge in [0.05, 0.1) is 20.6 Å². The molecular weight excluding hydrogens is 360 g/mol. The summed E-state index contributed by atoms with van der Waals surface area (Å²) in [7, 11) is 4.94. The number of aromatic nitrogens is 4. The van der Waals surface area contributed by atoms with E-state index in [-0.39, 0.29) is 18.3 Å². The molecule has 0 aliphatic carbocycles. The van der Waals surface area contributed by atoms with Crippen molar-refractivity contribution in [1.82, 2.24) is 24.5 Å². The summed E-state index contributed by atoms with van der Waals surface area (Å²) in [6.45, 7) is 4.19. The molecule has 3 rings (SSSR count). The molecule has 0 saturated heterocycles. The summed E-state index contributed by atoms with van der Waals surface area (Å²) in [4.78, 5) is 23.0. The molecule has 2 N–H and O–H groups in total. The molecule has 0 atom stereocenters. The monoisotopic (exact) mass is 384 g/mol. The Hall–Kier alpha value is -3.36. The Bertz CT molecular complexity index is 1030. The van der Waals surface area contributed by atoms with Gasteiger partial charge in [-0.25, -0.2) is 4.98 Å². The van der Waals surface area contributed by atoms with Gasteiger partial charge in [0.2, 0.25) is 11.9 Å². The summed E-state index contributed by atoms with van der Waals surface area (Å²) < 4.78 is 12.1. The second-order valence-electron chi connectivity index (χ2n) is 6.56. The second kappa shape index (κ2) is 7.71. The number of amides is 1. The van der Waals surface area contributed by atoms with Crippen molar-refractivity contribution in [3.8, 4) is 11.5 Å². The zero-order chi connectivity index (χ0) is 20.4. The first kappa shape index (κ1) is 19.4. The number of methoxy groups -OCH3 is 2. The van der Waals surface area contributed by atoms with Crippen LogP contribution in [0.4, 0.5) is 5.95 Å².